The maximum absolute atomic E-state index is 13.8. The number of carbonyl (C=O) groups excluding carboxylic acids is 1. The highest BCUT2D eigenvalue weighted by Gasteiger charge is 2.17. The number of hydrogen-bond acceptors (Lipinski definition) is 4. The molecule has 6 heteroatoms. The van der Waals surface area contributed by atoms with E-state index in [0.717, 1.165) is 30.4 Å². The highest BCUT2D eigenvalue weighted by Crippen LogP contribution is 2.30. The van der Waals surface area contributed by atoms with Gasteiger partial charge in [0.2, 0.25) is 0 Å². The molecule has 0 atom stereocenters. The molecule has 1 aliphatic carbocycles. The SMILES string of the molecule is COc1cc(C=O)c(F)cc1OCc1nc2c(n1C)CCC=C2. The molecular weight excluding hydrogens is 299 g/mol. The lowest BCUT2D eigenvalue weighted by Crippen LogP contribution is -2.07. The molecule has 0 unspecified atom stereocenters. The van der Waals surface area contributed by atoms with Crippen LogP contribution in [0.4, 0.5) is 4.39 Å². The van der Waals surface area contributed by atoms with Gasteiger partial charge in [-0.2, -0.15) is 0 Å². The summed E-state index contributed by atoms with van der Waals surface area (Å²) in [5.41, 5.74) is 2.05. The van der Waals surface area contributed by atoms with E-state index in [9.17, 15) is 9.18 Å². The molecule has 1 aromatic heterocycles. The Morgan fingerprint density at radius 2 is 2.22 bits per heavy atom. The molecule has 0 N–H and O–H groups in total. The zero-order valence-corrected chi connectivity index (χ0v) is 13.0. The van der Waals surface area contributed by atoms with Crippen molar-refractivity contribution in [2.45, 2.75) is 19.4 Å². The third-order valence-electron chi connectivity index (χ3n) is 3.93. The van der Waals surface area contributed by atoms with Gasteiger partial charge in [-0.1, -0.05) is 6.08 Å². The van der Waals surface area contributed by atoms with Crippen LogP contribution in [0.2, 0.25) is 0 Å². The monoisotopic (exact) mass is 316 g/mol. The van der Waals surface area contributed by atoms with E-state index in [0.29, 0.717) is 12.0 Å². The topological polar surface area (TPSA) is 53.4 Å². The lowest BCUT2D eigenvalue weighted by molar-refractivity contribution is 0.111. The van der Waals surface area contributed by atoms with E-state index in [2.05, 4.69) is 11.1 Å². The van der Waals surface area contributed by atoms with Crippen LogP contribution in [0.1, 0.15) is 34.0 Å². The van der Waals surface area contributed by atoms with Gasteiger partial charge in [-0.05, 0) is 25.0 Å². The predicted molar refractivity (Wildman–Crippen MR) is 83.2 cm³/mol. The van der Waals surface area contributed by atoms with Gasteiger partial charge in [0.25, 0.3) is 0 Å². The number of benzene rings is 1. The number of carbonyl (C=O) groups is 1. The van der Waals surface area contributed by atoms with Crippen LogP contribution in [0.15, 0.2) is 18.2 Å². The Morgan fingerprint density at radius 1 is 1.39 bits per heavy atom. The Labute approximate surface area is 133 Å². The molecule has 120 valence electrons. The van der Waals surface area contributed by atoms with Gasteiger partial charge in [0, 0.05) is 18.8 Å². The summed E-state index contributed by atoms with van der Waals surface area (Å²) in [5, 5.41) is 0. The van der Waals surface area contributed by atoms with Crippen LogP contribution in [0.5, 0.6) is 11.5 Å². The molecule has 0 spiro atoms. The van der Waals surface area contributed by atoms with Gasteiger partial charge in [-0.3, -0.25) is 4.79 Å². The molecule has 0 bridgehead atoms. The molecule has 0 aliphatic heterocycles. The normalized spacial score (nSPS) is 12.8. The first-order chi connectivity index (χ1) is 11.1. The lowest BCUT2D eigenvalue weighted by Gasteiger charge is -2.12. The van der Waals surface area contributed by atoms with Crippen LogP contribution in [0.25, 0.3) is 6.08 Å². The molecule has 0 amide bonds. The third-order valence-corrected chi connectivity index (χ3v) is 3.93. The van der Waals surface area contributed by atoms with Crippen molar-refractivity contribution in [3.8, 4) is 11.5 Å². The number of aldehydes is 1. The molecule has 3 rings (SSSR count). The van der Waals surface area contributed by atoms with Crippen molar-refractivity contribution in [1.82, 2.24) is 9.55 Å². The number of methoxy groups -OCH3 is 1. The van der Waals surface area contributed by atoms with Crippen molar-refractivity contribution in [2.24, 2.45) is 7.05 Å². The van der Waals surface area contributed by atoms with Crippen molar-refractivity contribution in [3.05, 3.63) is 46.8 Å². The number of ether oxygens (including phenoxy) is 2. The van der Waals surface area contributed by atoms with Gasteiger partial charge in [-0.15, -0.1) is 0 Å². The number of rotatable bonds is 5. The second-order valence-electron chi connectivity index (χ2n) is 5.29. The summed E-state index contributed by atoms with van der Waals surface area (Å²) in [7, 11) is 3.38. The summed E-state index contributed by atoms with van der Waals surface area (Å²) in [5.74, 6) is 0.667. The number of imidazole rings is 1. The number of hydrogen-bond donors (Lipinski definition) is 0. The number of aromatic nitrogens is 2. The Kier molecular flexibility index (Phi) is 4.14. The molecule has 23 heavy (non-hydrogen) atoms. The van der Waals surface area contributed by atoms with Crippen LogP contribution in [-0.4, -0.2) is 22.9 Å². The standard InChI is InChI=1S/C17H17FN2O3/c1-20-14-6-4-3-5-13(14)19-17(20)10-23-16-8-12(18)11(9-21)7-15(16)22-2/h3,5,7-9H,4,6,10H2,1-2H3. The zero-order chi connectivity index (χ0) is 16.4. The Balaban J connectivity index is 1.84. The van der Waals surface area contributed by atoms with E-state index in [4.69, 9.17) is 9.47 Å². The molecule has 2 aromatic rings. The third kappa shape index (κ3) is 2.84. The summed E-state index contributed by atoms with van der Waals surface area (Å²) in [6.45, 7) is 0.188. The fourth-order valence-corrected chi connectivity index (χ4v) is 2.64. The van der Waals surface area contributed by atoms with Gasteiger partial charge in [0.05, 0.1) is 18.4 Å². The van der Waals surface area contributed by atoms with Crippen LogP contribution in [0.3, 0.4) is 0 Å². The van der Waals surface area contributed by atoms with Gasteiger partial charge in [0.15, 0.2) is 17.8 Å². The van der Waals surface area contributed by atoms with Gasteiger partial charge < -0.3 is 14.0 Å². The van der Waals surface area contributed by atoms with E-state index < -0.39 is 5.82 Å². The summed E-state index contributed by atoms with van der Waals surface area (Å²) in [6, 6.07) is 2.48. The summed E-state index contributed by atoms with van der Waals surface area (Å²) in [6.07, 6.45) is 6.49. The van der Waals surface area contributed by atoms with Crippen molar-refractivity contribution in [2.75, 3.05) is 7.11 Å². The fraction of sp³-hybridized carbons (Fsp3) is 0.294. The van der Waals surface area contributed by atoms with Crippen LogP contribution >= 0.6 is 0 Å². The average molecular weight is 316 g/mol. The number of fused-ring (bicyclic) bond motifs is 1. The average Bonchev–Trinajstić information content (AvgIpc) is 2.89. The van der Waals surface area contributed by atoms with Crippen LogP contribution in [-0.2, 0) is 20.1 Å². The molecular formula is C17H17FN2O3. The van der Waals surface area contributed by atoms with Crippen molar-refractivity contribution in [1.29, 1.82) is 0 Å². The minimum Gasteiger partial charge on any atom is -0.493 e. The Morgan fingerprint density at radius 3 is 2.91 bits per heavy atom. The van der Waals surface area contributed by atoms with Crippen molar-refractivity contribution in [3.63, 3.8) is 0 Å². The minimum atomic E-state index is -0.641. The van der Waals surface area contributed by atoms with Crippen LogP contribution < -0.4 is 9.47 Å². The first-order valence-corrected chi connectivity index (χ1v) is 7.30. The molecule has 0 saturated carbocycles. The maximum atomic E-state index is 13.8. The highest BCUT2D eigenvalue weighted by molar-refractivity contribution is 5.77. The number of allylic oxidation sites excluding steroid dienone is 1. The van der Waals surface area contributed by atoms with Gasteiger partial charge in [-0.25, -0.2) is 9.37 Å². The molecule has 1 heterocycles. The van der Waals surface area contributed by atoms with Gasteiger partial charge >= 0.3 is 0 Å². The largest absolute Gasteiger partial charge is 0.493 e. The molecule has 0 radical (unpaired) electrons. The minimum absolute atomic E-state index is 0.0632. The molecule has 0 saturated heterocycles. The second-order valence-corrected chi connectivity index (χ2v) is 5.29. The molecule has 1 aromatic carbocycles. The number of nitrogens with zero attached hydrogens (tertiary/aromatic N) is 2. The first kappa shape index (κ1) is 15.3. The quantitative estimate of drug-likeness (QED) is 0.796. The van der Waals surface area contributed by atoms with Gasteiger partial charge in [0.1, 0.15) is 18.2 Å². The van der Waals surface area contributed by atoms with E-state index in [-0.39, 0.29) is 17.9 Å². The summed E-state index contributed by atoms with van der Waals surface area (Å²) < 4.78 is 26.6. The molecule has 0 fully saturated rings. The van der Waals surface area contributed by atoms with Crippen molar-refractivity contribution < 1.29 is 18.7 Å². The summed E-state index contributed by atoms with van der Waals surface area (Å²) in [4.78, 5) is 15.3. The Bertz CT molecular complexity index is 781. The Hall–Kier alpha value is -2.63. The van der Waals surface area contributed by atoms with E-state index in [1.807, 2.05) is 17.7 Å². The van der Waals surface area contributed by atoms with Crippen molar-refractivity contribution >= 4 is 12.4 Å². The zero-order valence-electron chi connectivity index (χ0n) is 13.0. The summed E-state index contributed by atoms with van der Waals surface area (Å²) >= 11 is 0. The molecule has 5 nitrogen and oxygen atoms in total. The predicted octanol–water partition coefficient (Wildman–Crippen LogP) is 2.92. The smallest absolute Gasteiger partial charge is 0.164 e. The number of halogens is 1. The van der Waals surface area contributed by atoms with E-state index >= 15 is 0 Å². The fourth-order valence-electron chi connectivity index (χ4n) is 2.64. The van der Waals surface area contributed by atoms with E-state index in [1.54, 1.807) is 0 Å². The maximum Gasteiger partial charge on any atom is 0.164 e. The second kappa shape index (κ2) is 6.24. The van der Waals surface area contributed by atoms with Crippen LogP contribution in [0, 0.1) is 5.82 Å². The lowest BCUT2D eigenvalue weighted by atomic mass is 10.1. The highest BCUT2D eigenvalue weighted by atomic mass is 19.1. The molecule has 1 aliphatic rings. The van der Waals surface area contributed by atoms with E-state index in [1.165, 1.54) is 18.9 Å². The first-order valence-electron chi connectivity index (χ1n) is 7.30.